The van der Waals surface area contributed by atoms with Crippen molar-refractivity contribution in [1.82, 2.24) is 0 Å². The highest BCUT2D eigenvalue weighted by atomic mass is 19.1. The number of carbonyl (C=O) groups is 2. The van der Waals surface area contributed by atoms with Crippen LogP contribution in [0, 0.1) is 5.82 Å². The van der Waals surface area contributed by atoms with Gasteiger partial charge in [0.05, 0.1) is 16.8 Å². The third-order valence-corrected chi connectivity index (χ3v) is 5.33. The maximum Gasteiger partial charge on any atom is 0.335 e. The van der Waals surface area contributed by atoms with Crippen LogP contribution in [-0.2, 0) is 4.79 Å². The first kappa shape index (κ1) is 21.1. The fourth-order valence-electron chi connectivity index (χ4n) is 3.61. The molecule has 0 fully saturated rings. The summed E-state index contributed by atoms with van der Waals surface area (Å²) in [7, 11) is 0. The van der Waals surface area contributed by atoms with Crippen LogP contribution in [0.25, 0.3) is 17.4 Å². The van der Waals surface area contributed by atoms with Crippen LogP contribution < -0.4 is 5.01 Å². The molecule has 1 N–H and O–H groups in total. The van der Waals surface area contributed by atoms with Crippen LogP contribution in [0.15, 0.2) is 106 Å². The molecule has 166 valence electrons. The number of para-hydroxylation sites is 1. The first-order valence-electron chi connectivity index (χ1n) is 10.4. The van der Waals surface area contributed by atoms with E-state index in [0.29, 0.717) is 39.6 Å². The zero-order valence-electron chi connectivity index (χ0n) is 17.7. The number of carboxylic acids is 1. The number of amides is 1. The van der Waals surface area contributed by atoms with E-state index in [9.17, 15) is 14.0 Å². The lowest BCUT2D eigenvalue weighted by Crippen LogP contribution is -2.21. The van der Waals surface area contributed by atoms with Gasteiger partial charge in [-0.15, -0.1) is 0 Å². The van der Waals surface area contributed by atoms with Crippen LogP contribution in [-0.4, -0.2) is 22.7 Å². The van der Waals surface area contributed by atoms with Crippen molar-refractivity contribution in [1.29, 1.82) is 0 Å². The summed E-state index contributed by atoms with van der Waals surface area (Å²) in [5, 5.41) is 14.9. The van der Waals surface area contributed by atoms with Gasteiger partial charge < -0.3 is 9.52 Å². The SMILES string of the molecule is O=C(O)c1ccc(-c2ccc(/C=C3\C(=O)N(c4ccccc4)N=C3c3ccc(F)cc3)o2)cc1. The number of anilines is 1. The van der Waals surface area contributed by atoms with Gasteiger partial charge in [0.1, 0.15) is 23.0 Å². The molecule has 3 aromatic carbocycles. The van der Waals surface area contributed by atoms with E-state index >= 15 is 0 Å². The first-order chi connectivity index (χ1) is 16.5. The van der Waals surface area contributed by atoms with Crippen LogP contribution in [0.5, 0.6) is 0 Å². The third kappa shape index (κ3) is 4.02. The molecular weight excluding hydrogens is 435 g/mol. The van der Waals surface area contributed by atoms with Crippen LogP contribution in [0.2, 0.25) is 0 Å². The van der Waals surface area contributed by atoms with Gasteiger partial charge in [0, 0.05) is 11.1 Å². The van der Waals surface area contributed by atoms with Gasteiger partial charge in [-0.3, -0.25) is 4.79 Å². The molecule has 6 nitrogen and oxygen atoms in total. The third-order valence-electron chi connectivity index (χ3n) is 5.33. The molecule has 1 aliphatic heterocycles. The molecule has 7 heteroatoms. The Balaban J connectivity index is 1.52. The summed E-state index contributed by atoms with van der Waals surface area (Å²) < 4.78 is 19.4. The summed E-state index contributed by atoms with van der Waals surface area (Å²) in [6, 6.07) is 24.6. The second kappa shape index (κ2) is 8.63. The van der Waals surface area contributed by atoms with Crippen LogP contribution in [0.3, 0.4) is 0 Å². The standard InChI is InChI=1S/C27H17FN2O4/c28-20-12-10-18(11-13-20)25-23(26(31)30(29-25)21-4-2-1-3-5-21)16-22-14-15-24(34-22)17-6-8-19(9-7-17)27(32)33/h1-16H,(H,32,33)/b23-16-. The number of furan rings is 1. The average molecular weight is 452 g/mol. The molecule has 1 aliphatic rings. The Morgan fingerprint density at radius 3 is 2.24 bits per heavy atom. The number of hydrogen-bond donors (Lipinski definition) is 1. The molecule has 34 heavy (non-hydrogen) atoms. The summed E-state index contributed by atoms with van der Waals surface area (Å²) in [6.07, 6.45) is 1.60. The number of aromatic carboxylic acids is 1. The molecule has 0 saturated heterocycles. The van der Waals surface area contributed by atoms with Crippen LogP contribution >= 0.6 is 0 Å². The first-order valence-corrected chi connectivity index (χ1v) is 10.4. The van der Waals surface area contributed by atoms with Gasteiger partial charge in [0.2, 0.25) is 0 Å². The quantitative estimate of drug-likeness (QED) is 0.399. The van der Waals surface area contributed by atoms with Gasteiger partial charge in [-0.05, 0) is 66.7 Å². The van der Waals surface area contributed by atoms with Crippen molar-refractivity contribution < 1.29 is 23.5 Å². The molecule has 0 atom stereocenters. The Morgan fingerprint density at radius 2 is 1.56 bits per heavy atom. The maximum absolute atomic E-state index is 13.5. The minimum Gasteiger partial charge on any atom is -0.478 e. The molecule has 0 spiro atoms. The predicted octanol–water partition coefficient (Wildman–Crippen LogP) is 5.62. The molecule has 1 amide bonds. The van der Waals surface area contributed by atoms with Gasteiger partial charge in [-0.1, -0.05) is 30.3 Å². The summed E-state index contributed by atoms with van der Waals surface area (Å²) in [6.45, 7) is 0. The number of benzene rings is 3. The van der Waals surface area contributed by atoms with Crippen molar-refractivity contribution in [2.45, 2.75) is 0 Å². The Kier molecular flexibility index (Phi) is 5.35. The van der Waals surface area contributed by atoms with Gasteiger partial charge in [0.15, 0.2) is 0 Å². The Labute approximate surface area is 193 Å². The summed E-state index contributed by atoms with van der Waals surface area (Å²) in [4.78, 5) is 24.4. The van der Waals surface area contributed by atoms with Crippen molar-refractivity contribution in [3.63, 3.8) is 0 Å². The molecule has 0 bridgehead atoms. The lowest BCUT2D eigenvalue weighted by atomic mass is 10.0. The lowest BCUT2D eigenvalue weighted by molar-refractivity contribution is -0.114. The van der Waals surface area contributed by atoms with E-state index in [-0.39, 0.29) is 17.3 Å². The van der Waals surface area contributed by atoms with E-state index in [1.807, 2.05) is 18.2 Å². The van der Waals surface area contributed by atoms with Crippen molar-refractivity contribution in [2.24, 2.45) is 5.10 Å². The smallest absolute Gasteiger partial charge is 0.335 e. The molecule has 1 aromatic heterocycles. The number of halogens is 1. The molecule has 4 aromatic rings. The van der Waals surface area contributed by atoms with E-state index in [2.05, 4.69) is 5.10 Å². The molecule has 0 aliphatic carbocycles. The fraction of sp³-hybridized carbons (Fsp3) is 0. The number of carboxylic acid groups (broad SMARTS) is 1. The van der Waals surface area contributed by atoms with Crippen LogP contribution in [0.4, 0.5) is 10.1 Å². The van der Waals surface area contributed by atoms with Gasteiger partial charge >= 0.3 is 5.97 Å². The summed E-state index contributed by atoms with van der Waals surface area (Å²) >= 11 is 0. The largest absolute Gasteiger partial charge is 0.478 e. The van der Waals surface area contributed by atoms with Crippen molar-refractivity contribution in [3.05, 3.63) is 119 Å². The van der Waals surface area contributed by atoms with E-state index in [4.69, 9.17) is 9.52 Å². The van der Waals surface area contributed by atoms with Crippen molar-refractivity contribution >= 4 is 29.4 Å². The topological polar surface area (TPSA) is 83.1 Å². The van der Waals surface area contributed by atoms with Gasteiger partial charge in [-0.25, -0.2) is 9.18 Å². The molecule has 2 heterocycles. The van der Waals surface area contributed by atoms with E-state index in [1.165, 1.54) is 29.3 Å². The Morgan fingerprint density at radius 1 is 0.882 bits per heavy atom. The second-order valence-electron chi connectivity index (χ2n) is 7.55. The predicted molar refractivity (Wildman–Crippen MR) is 126 cm³/mol. The van der Waals surface area contributed by atoms with Crippen LogP contribution in [0.1, 0.15) is 21.7 Å². The second-order valence-corrected chi connectivity index (χ2v) is 7.55. The average Bonchev–Trinajstić information content (AvgIpc) is 3.46. The maximum atomic E-state index is 13.5. The number of carbonyl (C=O) groups excluding carboxylic acids is 1. The number of hydrogen-bond acceptors (Lipinski definition) is 4. The van der Waals surface area contributed by atoms with E-state index < -0.39 is 5.97 Å². The van der Waals surface area contributed by atoms with E-state index in [0.717, 1.165) is 0 Å². The Bertz CT molecular complexity index is 1440. The van der Waals surface area contributed by atoms with Gasteiger partial charge in [-0.2, -0.15) is 10.1 Å². The molecular formula is C27H17FN2O4. The van der Waals surface area contributed by atoms with Crippen molar-refractivity contribution in [2.75, 3.05) is 5.01 Å². The highest BCUT2D eigenvalue weighted by Gasteiger charge is 2.32. The minimum atomic E-state index is -1.01. The summed E-state index contributed by atoms with van der Waals surface area (Å²) in [5.41, 5.74) is 2.78. The molecule has 5 rings (SSSR count). The van der Waals surface area contributed by atoms with Gasteiger partial charge in [0.25, 0.3) is 5.91 Å². The van der Waals surface area contributed by atoms with Crippen molar-refractivity contribution in [3.8, 4) is 11.3 Å². The zero-order valence-corrected chi connectivity index (χ0v) is 17.7. The zero-order chi connectivity index (χ0) is 23.7. The normalized spacial score (nSPS) is 14.5. The highest BCUT2D eigenvalue weighted by molar-refractivity contribution is 6.37. The lowest BCUT2D eigenvalue weighted by Gasteiger charge is -2.10. The monoisotopic (exact) mass is 452 g/mol. The molecule has 0 saturated carbocycles. The number of hydrazone groups is 1. The molecule has 0 unspecified atom stereocenters. The fourth-order valence-corrected chi connectivity index (χ4v) is 3.61. The number of nitrogens with zero attached hydrogens (tertiary/aromatic N) is 2. The Hall–Kier alpha value is -4.78. The highest BCUT2D eigenvalue weighted by Crippen LogP contribution is 2.29. The summed E-state index contributed by atoms with van der Waals surface area (Å²) in [5.74, 6) is -0.787. The van der Waals surface area contributed by atoms with E-state index in [1.54, 1.807) is 54.6 Å². The molecule has 0 radical (unpaired) electrons. The number of rotatable bonds is 5. The minimum absolute atomic E-state index is 0.176.